The molecular weight excluding hydrogens is 412 g/mol. The Hall–Kier alpha value is -3.57. The number of Topliss-reactive ketones (excluding diaryl/α,β-unsaturated/α-hetero) is 1. The summed E-state index contributed by atoms with van der Waals surface area (Å²) in [6.07, 6.45) is 2.20. The first-order chi connectivity index (χ1) is 15.1. The molecule has 0 aliphatic rings. The maximum Gasteiger partial charge on any atom is 0.277 e. The largest absolute Gasteiger partial charge is 0.484 e. The van der Waals surface area contributed by atoms with Crippen LogP contribution in [0.5, 0.6) is 5.75 Å². The molecule has 156 valence electrons. The molecular formula is C23H20N4O3S. The van der Waals surface area contributed by atoms with Gasteiger partial charge in [-0.25, -0.2) is 0 Å². The van der Waals surface area contributed by atoms with Crippen LogP contribution in [0.2, 0.25) is 0 Å². The van der Waals surface area contributed by atoms with E-state index in [0.29, 0.717) is 29.6 Å². The average Bonchev–Trinajstić information content (AvgIpc) is 3.39. The van der Waals surface area contributed by atoms with E-state index in [2.05, 4.69) is 16.3 Å². The normalized spacial score (nSPS) is 10.8. The smallest absolute Gasteiger partial charge is 0.277 e. The number of para-hydroxylation sites is 1. The number of hydrogen-bond donors (Lipinski definition) is 0. The molecule has 0 unspecified atom stereocenters. The van der Waals surface area contributed by atoms with Gasteiger partial charge in [-0.15, -0.1) is 10.2 Å². The van der Waals surface area contributed by atoms with Gasteiger partial charge in [0.2, 0.25) is 0 Å². The summed E-state index contributed by atoms with van der Waals surface area (Å²) in [4.78, 5) is 12.9. The van der Waals surface area contributed by atoms with E-state index in [9.17, 15) is 4.79 Å². The highest BCUT2D eigenvalue weighted by molar-refractivity contribution is 7.99. The maximum absolute atomic E-state index is 12.9. The molecule has 0 amide bonds. The molecule has 0 saturated heterocycles. The Morgan fingerprint density at radius 1 is 1.23 bits per heavy atom. The van der Waals surface area contributed by atoms with Gasteiger partial charge in [0.15, 0.2) is 12.4 Å². The van der Waals surface area contributed by atoms with Gasteiger partial charge in [-0.1, -0.05) is 42.1 Å². The van der Waals surface area contributed by atoms with Gasteiger partial charge in [0.05, 0.1) is 18.2 Å². The lowest BCUT2D eigenvalue weighted by Gasteiger charge is -2.03. The summed E-state index contributed by atoms with van der Waals surface area (Å²) in [6.45, 7) is 2.70. The Balaban J connectivity index is 1.39. The number of ketones is 1. The number of benzene rings is 2. The van der Waals surface area contributed by atoms with Gasteiger partial charge in [0, 0.05) is 29.2 Å². The lowest BCUT2D eigenvalue weighted by Crippen LogP contribution is -2.02. The number of aromatic nitrogens is 3. The Kier molecular flexibility index (Phi) is 6.34. The minimum absolute atomic E-state index is 0.0346. The van der Waals surface area contributed by atoms with Crippen LogP contribution in [-0.2, 0) is 13.2 Å². The number of fused-ring (bicyclic) bond motifs is 1. The summed E-state index contributed by atoms with van der Waals surface area (Å²) in [6, 6.07) is 17.5. The molecule has 0 saturated carbocycles. The van der Waals surface area contributed by atoms with Crippen molar-refractivity contribution >= 4 is 28.4 Å². The highest BCUT2D eigenvalue weighted by Crippen LogP contribution is 2.25. The highest BCUT2D eigenvalue weighted by Gasteiger charge is 2.17. The molecule has 0 atom stereocenters. The topological polar surface area (TPSA) is 93.9 Å². The molecule has 0 N–H and O–H groups in total. The fraction of sp³-hybridized carbons (Fsp3) is 0.217. The number of thioether (sulfide) groups is 1. The summed E-state index contributed by atoms with van der Waals surface area (Å²) in [7, 11) is 0. The molecule has 8 heteroatoms. The fourth-order valence-corrected chi connectivity index (χ4v) is 3.90. The summed E-state index contributed by atoms with van der Waals surface area (Å²) >= 11 is 1.20. The van der Waals surface area contributed by atoms with Crippen LogP contribution >= 0.6 is 11.8 Å². The van der Waals surface area contributed by atoms with E-state index in [4.69, 9.17) is 14.4 Å². The van der Waals surface area contributed by atoms with E-state index in [1.165, 1.54) is 11.8 Å². The molecule has 2 aromatic carbocycles. The van der Waals surface area contributed by atoms with Gasteiger partial charge in [-0.3, -0.25) is 4.79 Å². The second-order valence-electron chi connectivity index (χ2n) is 6.94. The van der Waals surface area contributed by atoms with E-state index < -0.39 is 0 Å². The zero-order chi connectivity index (χ0) is 21.6. The third-order valence-electron chi connectivity index (χ3n) is 4.68. The summed E-state index contributed by atoms with van der Waals surface area (Å²) in [5.74, 6) is 1.22. The summed E-state index contributed by atoms with van der Waals surface area (Å²) < 4.78 is 13.2. The van der Waals surface area contributed by atoms with Crippen molar-refractivity contribution in [2.24, 2.45) is 0 Å². The van der Waals surface area contributed by atoms with Gasteiger partial charge < -0.3 is 13.7 Å². The number of rotatable bonds is 9. The first kappa shape index (κ1) is 20.7. The van der Waals surface area contributed by atoms with Crippen molar-refractivity contribution in [3.63, 3.8) is 0 Å². The summed E-state index contributed by atoms with van der Waals surface area (Å²) in [5, 5.41) is 18.1. The van der Waals surface area contributed by atoms with Crippen molar-refractivity contribution in [1.29, 1.82) is 5.26 Å². The third kappa shape index (κ3) is 4.95. The average molecular weight is 433 g/mol. The predicted octanol–water partition coefficient (Wildman–Crippen LogP) is 4.80. The molecule has 2 aromatic heterocycles. The predicted molar refractivity (Wildman–Crippen MR) is 117 cm³/mol. The second-order valence-corrected chi connectivity index (χ2v) is 7.87. The Morgan fingerprint density at radius 2 is 2.10 bits per heavy atom. The maximum atomic E-state index is 12.9. The van der Waals surface area contributed by atoms with Crippen molar-refractivity contribution in [3.05, 3.63) is 71.7 Å². The molecule has 0 aliphatic carbocycles. The van der Waals surface area contributed by atoms with E-state index in [1.54, 1.807) is 0 Å². The molecule has 4 aromatic rings. The zero-order valence-electron chi connectivity index (χ0n) is 16.9. The van der Waals surface area contributed by atoms with Crippen LogP contribution < -0.4 is 4.74 Å². The number of ether oxygens (including phenoxy) is 1. The van der Waals surface area contributed by atoms with Crippen LogP contribution in [0.3, 0.4) is 0 Å². The molecule has 31 heavy (non-hydrogen) atoms. The highest BCUT2D eigenvalue weighted by atomic mass is 32.2. The number of nitriles is 1. The van der Waals surface area contributed by atoms with Crippen LogP contribution in [0.15, 0.2) is 64.4 Å². The van der Waals surface area contributed by atoms with Crippen molar-refractivity contribution < 1.29 is 13.9 Å². The molecule has 0 bridgehead atoms. The van der Waals surface area contributed by atoms with Crippen LogP contribution in [-0.4, -0.2) is 26.3 Å². The molecule has 0 aliphatic heterocycles. The lowest BCUT2D eigenvalue weighted by atomic mass is 10.1. The van der Waals surface area contributed by atoms with Crippen molar-refractivity contribution in [1.82, 2.24) is 14.8 Å². The van der Waals surface area contributed by atoms with E-state index in [0.717, 1.165) is 22.2 Å². The van der Waals surface area contributed by atoms with Crippen molar-refractivity contribution in [2.45, 2.75) is 31.7 Å². The molecule has 0 fully saturated rings. The summed E-state index contributed by atoms with van der Waals surface area (Å²) in [5.41, 5.74) is 2.68. The number of aryl methyl sites for hydroxylation is 2. The first-order valence-corrected chi connectivity index (χ1v) is 10.8. The first-order valence-electron chi connectivity index (χ1n) is 9.76. The monoisotopic (exact) mass is 432 g/mol. The molecule has 7 nitrogen and oxygen atoms in total. The van der Waals surface area contributed by atoms with Gasteiger partial charge in [-0.05, 0) is 30.7 Å². The Labute approximate surface area is 183 Å². The van der Waals surface area contributed by atoms with Crippen molar-refractivity contribution in [3.8, 4) is 11.8 Å². The van der Waals surface area contributed by atoms with Crippen LogP contribution in [0.4, 0.5) is 0 Å². The zero-order valence-corrected chi connectivity index (χ0v) is 17.8. The number of hydrogen-bond acceptors (Lipinski definition) is 7. The minimum Gasteiger partial charge on any atom is -0.484 e. The minimum atomic E-state index is -0.0346. The standard InChI is InChI=1S/C23H20N4O3S/c1-16-6-4-7-17(12-16)29-14-22-25-26-23(30-22)31-15-21(28)19-13-27(11-5-10-24)20-9-3-2-8-18(19)20/h2-4,6-9,12-13H,5,11,14-15H2,1H3. The Bertz CT molecular complexity index is 1260. The lowest BCUT2D eigenvalue weighted by molar-refractivity contribution is 0.102. The van der Waals surface area contributed by atoms with Crippen LogP contribution in [0.1, 0.15) is 28.2 Å². The van der Waals surface area contributed by atoms with Gasteiger partial charge in [0.25, 0.3) is 11.1 Å². The molecule has 4 rings (SSSR count). The van der Waals surface area contributed by atoms with E-state index in [-0.39, 0.29) is 18.1 Å². The van der Waals surface area contributed by atoms with Crippen molar-refractivity contribution in [2.75, 3.05) is 5.75 Å². The number of carbonyl (C=O) groups is 1. The quantitative estimate of drug-likeness (QED) is 0.277. The van der Waals surface area contributed by atoms with Gasteiger partial charge in [0.1, 0.15) is 5.75 Å². The van der Waals surface area contributed by atoms with Crippen LogP contribution in [0, 0.1) is 18.3 Å². The third-order valence-corrected chi connectivity index (χ3v) is 5.50. The SMILES string of the molecule is Cc1cccc(OCc2nnc(SCC(=O)c3cn(CCC#N)c4ccccc34)o2)c1. The molecule has 0 spiro atoms. The van der Waals surface area contributed by atoms with Gasteiger partial charge in [-0.2, -0.15) is 5.26 Å². The molecule has 0 radical (unpaired) electrons. The van der Waals surface area contributed by atoms with Gasteiger partial charge >= 0.3 is 0 Å². The second kappa shape index (κ2) is 9.49. The van der Waals surface area contributed by atoms with Crippen LogP contribution in [0.25, 0.3) is 10.9 Å². The molecule has 2 heterocycles. The number of carbonyl (C=O) groups excluding carboxylic acids is 1. The van der Waals surface area contributed by atoms with E-state index in [1.807, 2.05) is 66.2 Å². The van der Waals surface area contributed by atoms with E-state index >= 15 is 0 Å². The number of nitrogens with zero attached hydrogens (tertiary/aromatic N) is 4. The fourth-order valence-electron chi connectivity index (χ4n) is 3.23. The Morgan fingerprint density at radius 3 is 2.94 bits per heavy atom.